The normalized spacial score (nSPS) is 18.2. The molecule has 0 aliphatic carbocycles. The lowest BCUT2D eigenvalue weighted by atomic mass is 9.97. The number of para-hydroxylation sites is 1. The van der Waals surface area contributed by atoms with Crippen LogP contribution in [-0.2, 0) is 14.4 Å². The molecule has 2 atom stereocenters. The maximum absolute atomic E-state index is 13.5. The van der Waals surface area contributed by atoms with Crippen molar-refractivity contribution < 1.29 is 23.5 Å². The van der Waals surface area contributed by atoms with Gasteiger partial charge in [-0.3, -0.25) is 25.2 Å². The minimum Gasteiger partial charge on any atom is -0.478 e. The van der Waals surface area contributed by atoms with Gasteiger partial charge in [0.1, 0.15) is 0 Å². The van der Waals surface area contributed by atoms with Crippen LogP contribution in [0.1, 0.15) is 26.7 Å². The van der Waals surface area contributed by atoms with E-state index in [4.69, 9.17) is 4.74 Å². The molecule has 7 nitrogen and oxygen atoms in total. The standard InChI is InChI=1S/C17H22FN3O4/c1-11(25-15-8-4-3-7-14(15)18)16(23)19-20-17(24)13-6-5-9-21(10-13)12(2)22/h3-4,7-8,11,13H,5-6,9-10H2,1-2H3,(H,19,23)(H,20,24)/t11-,13+/m0/s1. The Morgan fingerprint density at radius 3 is 2.68 bits per heavy atom. The van der Waals surface area contributed by atoms with E-state index in [1.54, 1.807) is 11.0 Å². The van der Waals surface area contributed by atoms with Crippen molar-refractivity contribution in [3.63, 3.8) is 0 Å². The van der Waals surface area contributed by atoms with Crippen LogP contribution in [0.15, 0.2) is 24.3 Å². The van der Waals surface area contributed by atoms with Crippen LogP contribution in [-0.4, -0.2) is 41.8 Å². The molecule has 1 aromatic carbocycles. The Morgan fingerprint density at radius 2 is 2.00 bits per heavy atom. The lowest BCUT2D eigenvalue weighted by Gasteiger charge is -2.31. The van der Waals surface area contributed by atoms with Gasteiger partial charge in [-0.25, -0.2) is 4.39 Å². The van der Waals surface area contributed by atoms with Gasteiger partial charge in [0.15, 0.2) is 17.7 Å². The number of likely N-dealkylation sites (tertiary alicyclic amines) is 1. The quantitative estimate of drug-likeness (QED) is 0.792. The highest BCUT2D eigenvalue weighted by molar-refractivity contribution is 5.86. The second-order valence-corrected chi connectivity index (χ2v) is 5.97. The van der Waals surface area contributed by atoms with Gasteiger partial charge in [0, 0.05) is 20.0 Å². The van der Waals surface area contributed by atoms with Gasteiger partial charge in [-0.2, -0.15) is 0 Å². The average Bonchev–Trinajstić information content (AvgIpc) is 2.61. The maximum Gasteiger partial charge on any atom is 0.279 e. The number of nitrogens with one attached hydrogen (secondary N) is 2. The van der Waals surface area contributed by atoms with Crippen LogP contribution in [0.25, 0.3) is 0 Å². The zero-order chi connectivity index (χ0) is 18.4. The first-order chi connectivity index (χ1) is 11.9. The average molecular weight is 351 g/mol. The van der Waals surface area contributed by atoms with Crippen molar-refractivity contribution in [2.75, 3.05) is 13.1 Å². The first kappa shape index (κ1) is 18.7. The summed E-state index contributed by atoms with van der Waals surface area (Å²) in [5, 5.41) is 0. The molecule has 2 N–H and O–H groups in total. The third-order valence-electron chi connectivity index (χ3n) is 4.06. The van der Waals surface area contributed by atoms with Crippen LogP contribution in [0.2, 0.25) is 0 Å². The predicted molar refractivity (Wildman–Crippen MR) is 87.8 cm³/mol. The molecule has 1 aliphatic rings. The van der Waals surface area contributed by atoms with Crippen molar-refractivity contribution in [3.05, 3.63) is 30.1 Å². The largest absolute Gasteiger partial charge is 0.478 e. The fourth-order valence-electron chi connectivity index (χ4n) is 2.59. The molecule has 0 unspecified atom stereocenters. The molecule has 0 bridgehead atoms. The molecule has 1 heterocycles. The van der Waals surface area contributed by atoms with Gasteiger partial charge in [-0.1, -0.05) is 12.1 Å². The smallest absolute Gasteiger partial charge is 0.279 e. The summed E-state index contributed by atoms with van der Waals surface area (Å²) in [5.41, 5.74) is 4.62. The number of rotatable bonds is 4. The Kier molecular flexibility index (Phi) is 6.32. The number of piperidine rings is 1. The van der Waals surface area contributed by atoms with E-state index in [0.717, 1.165) is 6.42 Å². The molecule has 2 rings (SSSR count). The highest BCUT2D eigenvalue weighted by Crippen LogP contribution is 2.17. The molecule has 0 saturated carbocycles. The van der Waals surface area contributed by atoms with Crippen molar-refractivity contribution in [1.29, 1.82) is 0 Å². The Labute approximate surface area is 145 Å². The van der Waals surface area contributed by atoms with Gasteiger partial charge in [0.25, 0.3) is 5.91 Å². The molecule has 1 aliphatic heterocycles. The number of carbonyl (C=O) groups excluding carboxylic acids is 3. The molecule has 1 saturated heterocycles. The Balaban J connectivity index is 1.81. The topological polar surface area (TPSA) is 87.7 Å². The highest BCUT2D eigenvalue weighted by Gasteiger charge is 2.27. The van der Waals surface area contributed by atoms with E-state index in [-0.39, 0.29) is 23.5 Å². The molecular formula is C17H22FN3O4. The SMILES string of the molecule is CC(=O)N1CCC[C@@H](C(=O)NNC(=O)[C@H](C)Oc2ccccc2F)C1. The number of hydrogen-bond donors (Lipinski definition) is 2. The summed E-state index contributed by atoms with van der Waals surface area (Å²) in [6.07, 6.45) is 0.391. The summed E-state index contributed by atoms with van der Waals surface area (Å²) in [4.78, 5) is 37.1. The Bertz CT molecular complexity index is 653. The minimum atomic E-state index is -0.989. The monoisotopic (exact) mass is 351 g/mol. The number of carbonyl (C=O) groups is 3. The molecule has 136 valence electrons. The summed E-state index contributed by atoms with van der Waals surface area (Å²) in [6.45, 7) is 3.88. The number of amides is 3. The second-order valence-electron chi connectivity index (χ2n) is 5.97. The van der Waals surface area contributed by atoms with Crippen molar-refractivity contribution in [3.8, 4) is 5.75 Å². The number of benzene rings is 1. The van der Waals surface area contributed by atoms with Gasteiger partial charge in [0.2, 0.25) is 11.8 Å². The molecule has 25 heavy (non-hydrogen) atoms. The zero-order valence-electron chi connectivity index (χ0n) is 14.3. The summed E-state index contributed by atoms with van der Waals surface area (Å²) in [5.74, 6) is -2.03. The third-order valence-corrected chi connectivity index (χ3v) is 4.06. The highest BCUT2D eigenvalue weighted by atomic mass is 19.1. The number of hydrogen-bond acceptors (Lipinski definition) is 4. The van der Waals surface area contributed by atoms with E-state index in [2.05, 4.69) is 10.9 Å². The van der Waals surface area contributed by atoms with Crippen LogP contribution in [0.3, 0.4) is 0 Å². The Hall–Kier alpha value is -2.64. The van der Waals surface area contributed by atoms with E-state index < -0.39 is 17.8 Å². The predicted octanol–water partition coefficient (Wildman–Crippen LogP) is 0.999. The van der Waals surface area contributed by atoms with Crippen LogP contribution >= 0.6 is 0 Å². The first-order valence-corrected chi connectivity index (χ1v) is 8.15. The zero-order valence-corrected chi connectivity index (χ0v) is 14.3. The molecule has 0 radical (unpaired) electrons. The van der Waals surface area contributed by atoms with Gasteiger partial charge < -0.3 is 9.64 Å². The molecule has 0 aromatic heterocycles. The van der Waals surface area contributed by atoms with E-state index in [1.165, 1.54) is 32.0 Å². The summed E-state index contributed by atoms with van der Waals surface area (Å²) >= 11 is 0. The van der Waals surface area contributed by atoms with Crippen LogP contribution in [0, 0.1) is 11.7 Å². The van der Waals surface area contributed by atoms with E-state index >= 15 is 0 Å². The van der Waals surface area contributed by atoms with E-state index in [1.807, 2.05) is 0 Å². The van der Waals surface area contributed by atoms with E-state index in [9.17, 15) is 18.8 Å². The van der Waals surface area contributed by atoms with Crippen LogP contribution in [0.4, 0.5) is 4.39 Å². The Morgan fingerprint density at radius 1 is 1.28 bits per heavy atom. The van der Waals surface area contributed by atoms with Gasteiger partial charge in [-0.05, 0) is 31.9 Å². The number of halogens is 1. The van der Waals surface area contributed by atoms with Crippen LogP contribution < -0.4 is 15.6 Å². The molecule has 8 heteroatoms. The van der Waals surface area contributed by atoms with Gasteiger partial charge in [-0.15, -0.1) is 0 Å². The molecule has 1 fully saturated rings. The van der Waals surface area contributed by atoms with Gasteiger partial charge >= 0.3 is 0 Å². The number of ether oxygens (including phenoxy) is 1. The molecule has 0 spiro atoms. The molecular weight excluding hydrogens is 329 g/mol. The van der Waals surface area contributed by atoms with E-state index in [0.29, 0.717) is 19.5 Å². The molecule has 3 amide bonds. The van der Waals surface area contributed by atoms with Crippen molar-refractivity contribution in [1.82, 2.24) is 15.8 Å². The van der Waals surface area contributed by atoms with Crippen molar-refractivity contribution >= 4 is 17.7 Å². The van der Waals surface area contributed by atoms with Crippen molar-refractivity contribution in [2.45, 2.75) is 32.8 Å². The van der Waals surface area contributed by atoms with Crippen LogP contribution in [0.5, 0.6) is 5.75 Å². The lowest BCUT2D eigenvalue weighted by molar-refractivity contribution is -0.137. The number of nitrogens with zero attached hydrogens (tertiary/aromatic N) is 1. The third kappa shape index (κ3) is 5.17. The first-order valence-electron chi connectivity index (χ1n) is 8.15. The van der Waals surface area contributed by atoms with Crippen molar-refractivity contribution in [2.24, 2.45) is 5.92 Å². The lowest BCUT2D eigenvalue weighted by Crippen LogP contribution is -2.52. The summed E-state index contributed by atoms with van der Waals surface area (Å²) < 4.78 is 18.8. The fraction of sp³-hybridized carbons (Fsp3) is 0.471. The minimum absolute atomic E-state index is 0.0409. The van der Waals surface area contributed by atoms with Gasteiger partial charge in [0.05, 0.1) is 5.92 Å². The molecule has 1 aromatic rings. The summed E-state index contributed by atoms with van der Waals surface area (Å²) in [7, 11) is 0. The summed E-state index contributed by atoms with van der Waals surface area (Å²) in [6, 6.07) is 5.75. The number of hydrazine groups is 1. The second kappa shape index (κ2) is 8.46. The maximum atomic E-state index is 13.5. The fourth-order valence-corrected chi connectivity index (χ4v) is 2.59.